The van der Waals surface area contributed by atoms with Crippen molar-refractivity contribution in [3.63, 3.8) is 0 Å². The van der Waals surface area contributed by atoms with Crippen LogP contribution < -0.4 is 5.73 Å². The standard InChI is InChI=1S/C12H10Cl2N2O/c13-8-1-2-11(14)9(4-8)10-3-7(6-17)5-16-12(10)15/h1-5,17H,6H2,(H2,15,16). The molecule has 0 aliphatic rings. The van der Waals surface area contributed by atoms with Gasteiger partial charge in [0.15, 0.2) is 0 Å². The summed E-state index contributed by atoms with van der Waals surface area (Å²) < 4.78 is 0. The van der Waals surface area contributed by atoms with Gasteiger partial charge in [-0.3, -0.25) is 0 Å². The molecule has 2 aromatic rings. The van der Waals surface area contributed by atoms with E-state index in [4.69, 9.17) is 34.0 Å². The number of nitrogen functional groups attached to an aromatic ring is 1. The minimum absolute atomic E-state index is 0.0987. The lowest BCUT2D eigenvalue weighted by atomic mass is 10.0. The van der Waals surface area contributed by atoms with Gasteiger partial charge in [-0.05, 0) is 29.8 Å². The summed E-state index contributed by atoms with van der Waals surface area (Å²) in [6, 6.07) is 6.87. The second-order valence-electron chi connectivity index (χ2n) is 3.56. The van der Waals surface area contributed by atoms with Crippen molar-refractivity contribution in [1.29, 1.82) is 0 Å². The zero-order chi connectivity index (χ0) is 12.4. The fourth-order valence-corrected chi connectivity index (χ4v) is 1.92. The zero-order valence-corrected chi connectivity index (χ0v) is 10.3. The predicted molar refractivity (Wildman–Crippen MR) is 70.0 cm³/mol. The molecule has 88 valence electrons. The van der Waals surface area contributed by atoms with Crippen molar-refractivity contribution in [2.45, 2.75) is 6.61 Å². The molecule has 2 rings (SSSR count). The summed E-state index contributed by atoms with van der Waals surface area (Å²) in [5.41, 5.74) is 7.85. The van der Waals surface area contributed by atoms with Crippen molar-refractivity contribution < 1.29 is 5.11 Å². The number of aliphatic hydroxyl groups excluding tert-OH is 1. The predicted octanol–water partition coefficient (Wildman–Crippen LogP) is 3.13. The van der Waals surface area contributed by atoms with E-state index in [9.17, 15) is 0 Å². The normalized spacial score (nSPS) is 10.5. The summed E-state index contributed by atoms with van der Waals surface area (Å²) in [4.78, 5) is 4.01. The van der Waals surface area contributed by atoms with Crippen molar-refractivity contribution in [2.24, 2.45) is 0 Å². The molecule has 0 radical (unpaired) electrons. The number of benzene rings is 1. The smallest absolute Gasteiger partial charge is 0.131 e. The molecule has 1 aromatic heterocycles. The Morgan fingerprint density at radius 2 is 1.94 bits per heavy atom. The maximum absolute atomic E-state index is 9.08. The maximum Gasteiger partial charge on any atom is 0.131 e. The fraction of sp³-hybridized carbons (Fsp3) is 0.0833. The molecule has 5 heteroatoms. The Labute approximate surface area is 109 Å². The van der Waals surface area contributed by atoms with E-state index >= 15 is 0 Å². The van der Waals surface area contributed by atoms with E-state index in [2.05, 4.69) is 4.98 Å². The Balaban J connectivity index is 2.62. The first-order chi connectivity index (χ1) is 8.11. The van der Waals surface area contributed by atoms with Gasteiger partial charge in [-0.15, -0.1) is 0 Å². The minimum atomic E-state index is -0.0987. The van der Waals surface area contributed by atoms with Crippen molar-refractivity contribution in [3.8, 4) is 11.1 Å². The number of hydrogen-bond donors (Lipinski definition) is 2. The molecule has 0 bridgehead atoms. The Morgan fingerprint density at radius 3 is 2.65 bits per heavy atom. The molecule has 0 atom stereocenters. The number of rotatable bonds is 2. The van der Waals surface area contributed by atoms with Crippen LogP contribution in [0, 0.1) is 0 Å². The van der Waals surface area contributed by atoms with Gasteiger partial charge < -0.3 is 10.8 Å². The van der Waals surface area contributed by atoms with Gasteiger partial charge in [0.1, 0.15) is 5.82 Å². The molecule has 3 nitrogen and oxygen atoms in total. The average Bonchev–Trinajstić information content (AvgIpc) is 2.33. The highest BCUT2D eigenvalue weighted by Gasteiger charge is 2.09. The van der Waals surface area contributed by atoms with E-state index in [1.807, 2.05) is 0 Å². The average molecular weight is 269 g/mol. The van der Waals surface area contributed by atoms with E-state index in [1.54, 1.807) is 24.3 Å². The topological polar surface area (TPSA) is 59.1 Å². The molecule has 17 heavy (non-hydrogen) atoms. The molecule has 0 aliphatic carbocycles. The van der Waals surface area contributed by atoms with Crippen LogP contribution in [0.25, 0.3) is 11.1 Å². The van der Waals surface area contributed by atoms with Crippen molar-refractivity contribution in [2.75, 3.05) is 5.73 Å². The first-order valence-corrected chi connectivity index (χ1v) is 5.68. The van der Waals surface area contributed by atoms with Crippen molar-refractivity contribution >= 4 is 29.0 Å². The molecular weight excluding hydrogens is 259 g/mol. The Morgan fingerprint density at radius 1 is 1.18 bits per heavy atom. The van der Waals surface area contributed by atoms with E-state index in [1.165, 1.54) is 6.20 Å². The van der Waals surface area contributed by atoms with E-state index in [0.29, 0.717) is 32.6 Å². The lowest BCUT2D eigenvalue weighted by molar-refractivity contribution is 0.281. The van der Waals surface area contributed by atoms with Crippen molar-refractivity contribution in [3.05, 3.63) is 46.1 Å². The molecule has 0 aliphatic heterocycles. The third-order valence-electron chi connectivity index (χ3n) is 2.38. The summed E-state index contributed by atoms with van der Waals surface area (Å²) >= 11 is 12.0. The van der Waals surface area contributed by atoms with E-state index in [-0.39, 0.29) is 6.61 Å². The second-order valence-corrected chi connectivity index (χ2v) is 4.40. The Hall–Kier alpha value is -1.29. The van der Waals surface area contributed by atoms with E-state index < -0.39 is 0 Å². The van der Waals surface area contributed by atoms with Crippen LogP contribution in [0.3, 0.4) is 0 Å². The SMILES string of the molecule is Nc1ncc(CO)cc1-c1cc(Cl)ccc1Cl. The summed E-state index contributed by atoms with van der Waals surface area (Å²) in [5.74, 6) is 0.353. The van der Waals surface area contributed by atoms with Gasteiger partial charge in [0, 0.05) is 27.4 Å². The van der Waals surface area contributed by atoms with Crippen LogP contribution in [-0.4, -0.2) is 10.1 Å². The van der Waals surface area contributed by atoms with Crippen LogP contribution >= 0.6 is 23.2 Å². The number of hydrogen-bond acceptors (Lipinski definition) is 3. The monoisotopic (exact) mass is 268 g/mol. The number of halogens is 2. The highest BCUT2D eigenvalue weighted by molar-refractivity contribution is 6.35. The number of nitrogens with two attached hydrogens (primary N) is 1. The van der Waals surface area contributed by atoms with Gasteiger partial charge >= 0.3 is 0 Å². The summed E-state index contributed by atoms with van der Waals surface area (Å²) in [7, 11) is 0. The number of pyridine rings is 1. The van der Waals surface area contributed by atoms with Crippen LogP contribution in [0.2, 0.25) is 10.0 Å². The van der Waals surface area contributed by atoms with Crippen LogP contribution in [0.1, 0.15) is 5.56 Å². The van der Waals surface area contributed by atoms with Gasteiger partial charge in [-0.2, -0.15) is 0 Å². The van der Waals surface area contributed by atoms with Crippen LogP contribution in [0.4, 0.5) is 5.82 Å². The molecule has 0 fully saturated rings. The summed E-state index contributed by atoms with van der Waals surface area (Å²) in [6.45, 7) is -0.0987. The number of aliphatic hydroxyl groups is 1. The number of aromatic nitrogens is 1. The highest BCUT2D eigenvalue weighted by Crippen LogP contribution is 2.33. The first-order valence-electron chi connectivity index (χ1n) is 4.92. The molecule has 0 unspecified atom stereocenters. The Bertz CT molecular complexity index is 558. The first kappa shape index (κ1) is 12.2. The molecule has 0 spiro atoms. The van der Waals surface area contributed by atoms with Gasteiger partial charge in [0.25, 0.3) is 0 Å². The largest absolute Gasteiger partial charge is 0.392 e. The van der Waals surface area contributed by atoms with Gasteiger partial charge in [-0.25, -0.2) is 4.98 Å². The van der Waals surface area contributed by atoms with Crippen LogP contribution in [0.15, 0.2) is 30.5 Å². The molecule has 1 aromatic carbocycles. The maximum atomic E-state index is 9.08. The number of anilines is 1. The van der Waals surface area contributed by atoms with Crippen LogP contribution in [-0.2, 0) is 6.61 Å². The zero-order valence-electron chi connectivity index (χ0n) is 8.82. The third kappa shape index (κ3) is 2.52. The third-order valence-corrected chi connectivity index (χ3v) is 2.94. The summed E-state index contributed by atoms with van der Waals surface area (Å²) in [5, 5.41) is 10.2. The van der Waals surface area contributed by atoms with Gasteiger partial charge in [-0.1, -0.05) is 23.2 Å². The fourth-order valence-electron chi connectivity index (χ4n) is 1.52. The molecule has 0 saturated carbocycles. The quantitative estimate of drug-likeness (QED) is 0.880. The van der Waals surface area contributed by atoms with Crippen molar-refractivity contribution in [1.82, 2.24) is 4.98 Å². The number of nitrogens with zero attached hydrogens (tertiary/aromatic N) is 1. The summed E-state index contributed by atoms with van der Waals surface area (Å²) in [6.07, 6.45) is 1.53. The molecule has 1 heterocycles. The lowest BCUT2D eigenvalue weighted by Crippen LogP contribution is -1.97. The lowest BCUT2D eigenvalue weighted by Gasteiger charge is -2.09. The molecular formula is C12H10Cl2N2O. The molecule has 0 saturated heterocycles. The van der Waals surface area contributed by atoms with Gasteiger partial charge in [0.05, 0.1) is 6.61 Å². The minimum Gasteiger partial charge on any atom is -0.392 e. The van der Waals surface area contributed by atoms with E-state index in [0.717, 1.165) is 0 Å². The molecule has 0 amide bonds. The highest BCUT2D eigenvalue weighted by atomic mass is 35.5. The Kier molecular flexibility index (Phi) is 3.52. The van der Waals surface area contributed by atoms with Crippen LogP contribution in [0.5, 0.6) is 0 Å². The van der Waals surface area contributed by atoms with Gasteiger partial charge in [0.2, 0.25) is 0 Å². The molecule has 3 N–H and O–H groups in total. The second kappa shape index (κ2) is 4.92.